The summed E-state index contributed by atoms with van der Waals surface area (Å²) in [5, 5.41) is 13.9. The van der Waals surface area contributed by atoms with E-state index in [1.807, 2.05) is 57.4 Å². The van der Waals surface area contributed by atoms with Crippen molar-refractivity contribution in [3.05, 3.63) is 58.6 Å². The zero-order valence-electron chi connectivity index (χ0n) is 16.1. The number of nitrogens with zero attached hydrogens (tertiary/aromatic N) is 6. The first-order valence-electron chi connectivity index (χ1n) is 8.56. The molecule has 0 atom stereocenters. The zero-order chi connectivity index (χ0) is 20.3. The Morgan fingerprint density at radius 3 is 2.04 bits per heavy atom. The van der Waals surface area contributed by atoms with Crippen molar-refractivity contribution in [1.29, 1.82) is 0 Å². The van der Waals surface area contributed by atoms with Crippen LogP contribution in [0.1, 0.15) is 0 Å². The lowest BCUT2D eigenvalue weighted by molar-refractivity contribution is -0.384. The molecule has 0 aliphatic carbocycles. The van der Waals surface area contributed by atoms with Crippen molar-refractivity contribution in [2.24, 2.45) is 0 Å². The third-order valence-corrected chi connectivity index (χ3v) is 4.00. The molecule has 0 radical (unpaired) electrons. The van der Waals surface area contributed by atoms with Gasteiger partial charge in [0.2, 0.25) is 11.9 Å². The van der Waals surface area contributed by atoms with Crippen molar-refractivity contribution in [3.63, 3.8) is 0 Å². The third kappa shape index (κ3) is 4.32. The molecule has 3 aromatic rings. The third-order valence-electron chi connectivity index (χ3n) is 4.00. The first-order chi connectivity index (χ1) is 13.3. The summed E-state index contributed by atoms with van der Waals surface area (Å²) < 4.78 is 0. The highest BCUT2D eigenvalue weighted by molar-refractivity contribution is 5.64. The standard InChI is InChI=1S/C19H21N7O2/c1-24(2)15-9-5-13(6-10-15)17-21-18(23-19(22-17)25(3)4)20-14-7-11-16(12-8-14)26(27)28/h5-12H,1-4H3,(H,20,21,22,23). The van der Waals surface area contributed by atoms with Crippen molar-refractivity contribution in [2.75, 3.05) is 43.3 Å². The van der Waals surface area contributed by atoms with Gasteiger partial charge >= 0.3 is 0 Å². The van der Waals surface area contributed by atoms with Crippen molar-refractivity contribution in [2.45, 2.75) is 0 Å². The number of rotatable bonds is 6. The highest BCUT2D eigenvalue weighted by atomic mass is 16.6. The number of benzene rings is 2. The van der Waals surface area contributed by atoms with Crippen LogP contribution in [0.3, 0.4) is 0 Å². The molecule has 0 saturated carbocycles. The molecule has 0 aliphatic heterocycles. The highest BCUT2D eigenvalue weighted by Crippen LogP contribution is 2.24. The number of nitrogens with one attached hydrogen (secondary N) is 1. The second-order valence-corrected chi connectivity index (χ2v) is 6.55. The molecule has 3 rings (SSSR count). The first kappa shape index (κ1) is 19.0. The Balaban J connectivity index is 1.94. The molecular weight excluding hydrogens is 358 g/mol. The molecule has 0 fully saturated rings. The molecule has 1 N–H and O–H groups in total. The van der Waals surface area contributed by atoms with Crippen LogP contribution in [-0.2, 0) is 0 Å². The summed E-state index contributed by atoms with van der Waals surface area (Å²) in [5.41, 5.74) is 2.62. The summed E-state index contributed by atoms with van der Waals surface area (Å²) in [6.07, 6.45) is 0. The van der Waals surface area contributed by atoms with Crippen LogP contribution >= 0.6 is 0 Å². The number of non-ortho nitro benzene ring substituents is 1. The SMILES string of the molecule is CN(C)c1ccc(-c2nc(Nc3ccc([N+](=O)[O-])cc3)nc(N(C)C)n2)cc1. The molecule has 2 aromatic carbocycles. The van der Waals surface area contributed by atoms with Crippen LogP contribution in [0.2, 0.25) is 0 Å². The minimum atomic E-state index is -0.438. The number of nitro groups is 1. The van der Waals surface area contributed by atoms with Crippen LogP contribution in [0.25, 0.3) is 11.4 Å². The Kier molecular flexibility index (Phi) is 5.35. The molecule has 144 valence electrons. The quantitative estimate of drug-likeness (QED) is 0.514. The Morgan fingerprint density at radius 2 is 1.50 bits per heavy atom. The van der Waals surface area contributed by atoms with Gasteiger partial charge in [0, 0.05) is 57.3 Å². The molecule has 9 nitrogen and oxygen atoms in total. The second kappa shape index (κ2) is 7.87. The molecule has 9 heteroatoms. The Hall–Kier alpha value is -3.75. The summed E-state index contributed by atoms with van der Waals surface area (Å²) in [4.78, 5) is 27.6. The van der Waals surface area contributed by atoms with Crippen molar-refractivity contribution in [1.82, 2.24) is 15.0 Å². The maximum Gasteiger partial charge on any atom is 0.269 e. The van der Waals surface area contributed by atoms with Crippen LogP contribution in [0.4, 0.5) is 29.0 Å². The maximum atomic E-state index is 10.8. The monoisotopic (exact) mass is 379 g/mol. The summed E-state index contributed by atoms with van der Waals surface area (Å²) in [5.74, 6) is 1.40. The molecule has 0 spiro atoms. The highest BCUT2D eigenvalue weighted by Gasteiger charge is 2.11. The Bertz CT molecular complexity index is 971. The van der Waals surface area contributed by atoms with Gasteiger partial charge in [0.15, 0.2) is 5.82 Å². The average molecular weight is 379 g/mol. The van der Waals surface area contributed by atoms with E-state index < -0.39 is 4.92 Å². The predicted molar refractivity (Wildman–Crippen MR) is 110 cm³/mol. The van der Waals surface area contributed by atoms with E-state index in [2.05, 4.69) is 20.3 Å². The number of hydrogen-bond donors (Lipinski definition) is 1. The van der Waals surface area contributed by atoms with Gasteiger partial charge in [0.25, 0.3) is 5.69 Å². The van der Waals surface area contributed by atoms with Crippen molar-refractivity contribution < 1.29 is 4.92 Å². The largest absolute Gasteiger partial charge is 0.378 e. The van der Waals surface area contributed by atoms with Gasteiger partial charge in [-0.05, 0) is 36.4 Å². The van der Waals surface area contributed by atoms with Gasteiger partial charge in [-0.2, -0.15) is 15.0 Å². The molecule has 0 saturated heterocycles. The van der Waals surface area contributed by atoms with Crippen LogP contribution < -0.4 is 15.1 Å². The van der Waals surface area contributed by atoms with Gasteiger partial charge in [-0.15, -0.1) is 0 Å². The van der Waals surface area contributed by atoms with Gasteiger partial charge in [0.1, 0.15) is 0 Å². The Morgan fingerprint density at radius 1 is 0.857 bits per heavy atom. The minimum Gasteiger partial charge on any atom is -0.378 e. The molecule has 0 amide bonds. The van der Waals surface area contributed by atoms with Gasteiger partial charge in [-0.3, -0.25) is 10.1 Å². The second-order valence-electron chi connectivity index (χ2n) is 6.55. The first-order valence-corrected chi connectivity index (χ1v) is 8.56. The molecule has 0 aliphatic rings. The van der Waals surface area contributed by atoms with Crippen molar-refractivity contribution in [3.8, 4) is 11.4 Å². The fraction of sp³-hybridized carbons (Fsp3) is 0.211. The molecule has 0 bridgehead atoms. The van der Waals surface area contributed by atoms with Gasteiger partial charge in [0.05, 0.1) is 4.92 Å². The van der Waals surface area contributed by atoms with E-state index in [4.69, 9.17) is 0 Å². The minimum absolute atomic E-state index is 0.0249. The lowest BCUT2D eigenvalue weighted by Crippen LogP contribution is -2.15. The molecular formula is C19H21N7O2. The van der Waals surface area contributed by atoms with E-state index in [0.717, 1.165) is 11.3 Å². The van der Waals surface area contributed by atoms with E-state index in [1.54, 1.807) is 17.0 Å². The fourth-order valence-electron chi connectivity index (χ4n) is 2.45. The number of hydrogen-bond acceptors (Lipinski definition) is 8. The molecule has 0 unspecified atom stereocenters. The van der Waals surface area contributed by atoms with Crippen molar-refractivity contribution >= 4 is 29.0 Å². The smallest absolute Gasteiger partial charge is 0.269 e. The van der Waals surface area contributed by atoms with E-state index >= 15 is 0 Å². The summed E-state index contributed by atoms with van der Waals surface area (Å²) in [6, 6.07) is 14.0. The summed E-state index contributed by atoms with van der Waals surface area (Å²) in [7, 11) is 7.66. The molecule has 1 heterocycles. The average Bonchev–Trinajstić information content (AvgIpc) is 2.68. The lowest BCUT2D eigenvalue weighted by Gasteiger charge is -2.15. The van der Waals surface area contributed by atoms with Gasteiger partial charge < -0.3 is 15.1 Å². The van der Waals surface area contributed by atoms with Crippen LogP contribution in [0, 0.1) is 10.1 Å². The molecule has 28 heavy (non-hydrogen) atoms. The van der Waals surface area contributed by atoms with E-state index in [-0.39, 0.29) is 5.69 Å². The normalized spacial score (nSPS) is 10.4. The van der Waals surface area contributed by atoms with E-state index in [0.29, 0.717) is 23.4 Å². The number of nitro benzene ring substituents is 1. The number of anilines is 4. The summed E-state index contributed by atoms with van der Waals surface area (Å²) >= 11 is 0. The maximum absolute atomic E-state index is 10.8. The van der Waals surface area contributed by atoms with Crippen LogP contribution in [-0.4, -0.2) is 48.1 Å². The molecule has 1 aromatic heterocycles. The fourth-order valence-corrected chi connectivity index (χ4v) is 2.45. The Labute approximate surface area is 162 Å². The number of aromatic nitrogens is 3. The van der Waals surface area contributed by atoms with E-state index in [9.17, 15) is 10.1 Å². The summed E-state index contributed by atoms with van der Waals surface area (Å²) in [6.45, 7) is 0. The van der Waals surface area contributed by atoms with Crippen LogP contribution in [0.15, 0.2) is 48.5 Å². The van der Waals surface area contributed by atoms with Gasteiger partial charge in [-0.1, -0.05) is 0 Å². The van der Waals surface area contributed by atoms with Gasteiger partial charge in [-0.25, -0.2) is 0 Å². The zero-order valence-corrected chi connectivity index (χ0v) is 16.1. The predicted octanol–water partition coefficient (Wildman–Crippen LogP) is 3.32. The van der Waals surface area contributed by atoms with Crippen LogP contribution in [0.5, 0.6) is 0 Å². The van der Waals surface area contributed by atoms with E-state index in [1.165, 1.54) is 12.1 Å². The lowest BCUT2D eigenvalue weighted by atomic mass is 10.2. The topological polar surface area (TPSA) is 100 Å².